The van der Waals surface area contributed by atoms with E-state index in [9.17, 15) is 0 Å². The van der Waals surface area contributed by atoms with Crippen LogP contribution >= 0.6 is 11.5 Å². The third-order valence-corrected chi connectivity index (χ3v) is 3.66. The second-order valence-corrected chi connectivity index (χ2v) is 5.46. The molecule has 20 heavy (non-hydrogen) atoms. The molecule has 0 aliphatic rings. The molecule has 0 amide bonds. The lowest BCUT2D eigenvalue weighted by molar-refractivity contribution is 0.245. The zero-order chi connectivity index (χ0) is 14.5. The SMILES string of the molecule is CCN(Cc1ccccn1)c1snc(N)c1OC(C)C. The van der Waals surface area contributed by atoms with E-state index in [1.54, 1.807) is 6.20 Å². The van der Waals surface area contributed by atoms with Crippen LogP contribution in [0.15, 0.2) is 24.4 Å². The number of nitrogens with zero attached hydrogens (tertiary/aromatic N) is 3. The van der Waals surface area contributed by atoms with E-state index < -0.39 is 0 Å². The Hall–Kier alpha value is -1.82. The number of rotatable bonds is 6. The topological polar surface area (TPSA) is 64.3 Å². The molecule has 108 valence electrons. The third-order valence-electron chi connectivity index (χ3n) is 2.76. The van der Waals surface area contributed by atoms with Crippen LogP contribution in [0.1, 0.15) is 26.5 Å². The number of pyridine rings is 1. The van der Waals surface area contributed by atoms with Crippen LogP contribution < -0.4 is 15.4 Å². The molecule has 0 aliphatic carbocycles. The fourth-order valence-electron chi connectivity index (χ4n) is 1.85. The number of hydrogen-bond acceptors (Lipinski definition) is 6. The number of hydrogen-bond donors (Lipinski definition) is 1. The van der Waals surface area contributed by atoms with Crippen molar-refractivity contribution >= 4 is 22.4 Å². The molecule has 2 N–H and O–H groups in total. The van der Waals surface area contributed by atoms with Gasteiger partial charge in [0.2, 0.25) is 0 Å². The first kappa shape index (κ1) is 14.6. The summed E-state index contributed by atoms with van der Waals surface area (Å²) in [6, 6.07) is 5.91. The number of nitrogens with two attached hydrogens (primary N) is 1. The Morgan fingerprint density at radius 3 is 2.80 bits per heavy atom. The average molecular weight is 292 g/mol. The highest BCUT2D eigenvalue weighted by atomic mass is 32.1. The van der Waals surface area contributed by atoms with Gasteiger partial charge in [-0.05, 0) is 44.4 Å². The number of ether oxygens (including phenoxy) is 1. The summed E-state index contributed by atoms with van der Waals surface area (Å²) in [6.45, 7) is 7.62. The normalized spacial score (nSPS) is 10.8. The molecular weight excluding hydrogens is 272 g/mol. The second-order valence-electron chi connectivity index (χ2n) is 4.70. The molecule has 6 heteroatoms. The van der Waals surface area contributed by atoms with Crippen LogP contribution in [-0.2, 0) is 6.54 Å². The van der Waals surface area contributed by atoms with Crippen LogP contribution in [0, 0.1) is 0 Å². The first-order valence-electron chi connectivity index (χ1n) is 6.68. The molecule has 0 radical (unpaired) electrons. The summed E-state index contributed by atoms with van der Waals surface area (Å²) in [5, 5.41) is 0.962. The van der Waals surface area contributed by atoms with E-state index in [4.69, 9.17) is 10.5 Å². The minimum Gasteiger partial charge on any atom is -0.484 e. The van der Waals surface area contributed by atoms with Crippen molar-refractivity contribution in [2.75, 3.05) is 17.2 Å². The minimum atomic E-state index is 0.0704. The molecular formula is C14H20N4OS. The van der Waals surface area contributed by atoms with Gasteiger partial charge < -0.3 is 15.4 Å². The van der Waals surface area contributed by atoms with Crippen molar-refractivity contribution in [3.05, 3.63) is 30.1 Å². The van der Waals surface area contributed by atoms with Crippen molar-refractivity contribution in [1.29, 1.82) is 0 Å². The third kappa shape index (κ3) is 3.39. The van der Waals surface area contributed by atoms with Gasteiger partial charge in [-0.25, -0.2) is 0 Å². The van der Waals surface area contributed by atoms with Gasteiger partial charge in [0.25, 0.3) is 0 Å². The van der Waals surface area contributed by atoms with Crippen LogP contribution in [0.2, 0.25) is 0 Å². The van der Waals surface area contributed by atoms with Gasteiger partial charge in [-0.15, -0.1) is 0 Å². The fourth-order valence-corrected chi connectivity index (χ4v) is 2.66. The molecule has 0 aliphatic heterocycles. The lowest BCUT2D eigenvalue weighted by Gasteiger charge is -2.22. The molecule has 0 aromatic carbocycles. The molecule has 0 spiro atoms. The molecule has 2 heterocycles. The van der Waals surface area contributed by atoms with E-state index in [-0.39, 0.29) is 6.10 Å². The molecule has 2 aromatic heterocycles. The largest absolute Gasteiger partial charge is 0.484 e. The molecule has 0 atom stereocenters. The van der Waals surface area contributed by atoms with Crippen LogP contribution in [0.3, 0.4) is 0 Å². The summed E-state index contributed by atoms with van der Waals surface area (Å²) < 4.78 is 10.0. The molecule has 0 saturated heterocycles. The quantitative estimate of drug-likeness (QED) is 0.887. The van der Waals surface area contributed by atoms with E-state index >= 15 is 0 Å². The first-order chi connectivity index (χ1) is 9.61. The van der Waals surface area contributed by atoms with Gasteiger partial charge >= 0.3 is 0 Å². The van der Waals surface area contributed by atoms with Crippen molar-refractivity contribution < 1.29 is 4.74 Å². The van der Waals surface area contributed by atoms with E-state index in [1.165, 1.54) is 11.5 Å². The van der Waals surface area contributed by atoms with E-state index in [1.807, 2.05) is 32.0 Å². The highest BCUT2D eigenvalue weighted by Crippen LogP contribution is 2.39. The molecule has 0 unspecified atom stereocenters. The Bertz CT molecular complexity index is 541. The lowest BCUT2D eigenvalue weighted by Crippen LogP contribution is -2.22. The van der Waals surface area contributed by atoms with Gasteiger partial charge in [0.05, 0.1) is 18.3 Å². The Labute approximate surface area is 123 Å². The smallest absolute Gasteiger partial charge is 0.198 e. The number of anilines is 2. The van der Waals surface area contributed by atoms with Gasteiger partial charge in [0.15, 0.2) is 16.6 Å². The average Bonchev–Trinajstić information content (AvgIpc) is 2.78. The first-order valence-corrected chi connectivity index (χ1v) is 7.45. The Morgan fingerprint density at radius 2 is 2.20 bits per heavy atom. The van der Waals surface area contributed by atoms with Crippen molar-refractivity contribution in [1.82, 2.24) is 9.36 Å². The molecule has 0 saturated carbocycles. The highest BCUT2D eigenvalue weighted by Gasteiger charge is 2.19. The molecule has 0 fully saturated rings. The van der Waals surface area contributed by atoms with Gasteiger partial charge in [-0.3, -0.25) is 4.98 Å². The van der Waals surface area contributed by atoms with Crippen LogP contribution in [-0.4, -0.2) is 22.0 Å². The summed E-state index contributed by atoms with van der Waals surface area (Å²) in [5.74, 6) is 1.14. The van der Waals surface area contributed by atoms with E-state index in [0.717, 1.165) is 17.2 Å². The standard InChI is InChI=1S/C14H20N4OS/c1-4-18(9-11-7-5-6-8-16-11)14-12(19-10(2)3)13(15)17-20-14/h5-8,10H,4,9H2,1-3H3,(H2,15,17). The Morgan fingerprint density at radius 1 is 1.40 bits per heavy atom. The molecule has 5 nitrogen and oxygen atoms in total. The molecule has 0 bridgehead atoms. The Kier molecular flexibility index (Phi) is 4.79. The summed E-state index contributed by atoms with van der Waals surface area (Å²) in [5.41, 5.74) is 6.92. The maximum atomic E-state index is 5.91. The van der Waals surface area contributed by atoms with Gasteiger partial charge in [-0.2, -0.15) is 4.37 Å². The maximum absolute atomic E-state index is 5.91. The maximum Gasteiger partial charge on any atom is 0.198 e. The van der Waals surface area contributed by atoms with Crippen LogP contribution in [0.25, 0.3) is 0 Å². The van der Waals surface area contributed by atoms with Crippen LogP contribution in [0.5, 0.6) is 5.75 Å². The zero-order valence-corrected chi connectivity index (χ0v) is 12.9. The van der Waals surface area contributed by atoms with E-state index in [0.29, 0.717) is 18.1 Å². The van der Waals surface area contributed by atoms with Crippen molar-refractivity contribution in [2.24, 2.45) is 0 Å². The van der Waals surface area contributed by atoms with E-state index in [2.05, 4.69) is 21.2 Å². The van der Waals surface area contributed by atoms with Gasteiger partial charge in [0.1, 0.15) is 0 Å². The highest BCUT2D eigenvalue weighted by molar-refractivity contribution is 7.11. The fraction of sp³-hybridized carbons (Fsp3) is 0.429. The van der Waals surface area contributed by atoms with Crippen LogP contribution in [0.4, 0.5) is 10.8 Å². The van der Waals surface area contributed by atoms with Gasteiger partial charge in [0, 0.05) is 12.7 Å². The lowest BCUT2D eigenvalue weighted by atomic mass is 10.3. The summed E-state index contributed by atoms with van der Waals surface area (Å²) in [4.78, 5) is 6.53. The van der Waals surface area contributed by atoms with Gasteiger partial charge in [-0.1, -0.05) is 6.07 Å². The molecule has 2 rings (SSSR count). The number of aromatic nitrogens is 2. The summed E-state index contributed by atoms with van der Waals surface area (Å²) in [7, 11) is 0. The molecule has 2 aromatic rings. The zero-order valence-electron chi connectivity index (χ0n) is 12.0. The summed E-state index contributed by atoms with van der Waals surface area (Å²) >= 11 is 1.37. The van der Waals surface area contributed by atoms with Crippen molar-refractivity contribution in [3.63, 3.8) is 0 Å². The minimum absolute atomic E-state index is 0.0704. The van der Waals surface area contributed by atoms with Crippen molar-refractivity contribution in [2.45, 2.75) is 33.4 Å². The number of nitrogen functional groups attached to an aromatic ring is 1. The Balaban J connectivity index is 2.23. The predicted molar refractivity (Wildman–Crippen MR) is 83.3 cm³/mol. The monoisotopic (exact) mass is 292 g/mol. The second kappa shape index (κ2) is 6.56. The van der Waals surface area contributed by atoms with Crippen molar-refractivity contribution in [3.8, 4) is 5.75 Å². The predicted octanol–water partition coefficient (Wildman–Crippen LogP) is 2.93. The summed E-state index contributed by atoms with van der Waals surface area (Å²) in [6.07, 6.45) is 1.87.